The molecule has 0 radical (unpaired) electrons. The SMILES string of the molecule is CCOc1cc(/C=C2/C(=O)NC(=O)N(c3ccc(OC)cc3)C2=O)ccc1OCCOc1ccc(C(C)(C)C)cc1. The molecule has 1 saturated heterocycles. The van der Waals surface area contributed by atoms with Crippen LogP contribution in [-0.4, -0.2) is 44.8 Å². The van der Waals surface area contributed by atoms with Crippen molar-refractivity contribution < 1.29 is 33.3 Å². The van der Waals surface area contributed by atoms with Crippen molar-refractivity contribution in [2.45, 2.75) is 33.1 Å². The fourth-order valence-corrected chi connectivity index (χ4v) is 4.15. The van der Waals surface area contributed by atoms with Gasteiger partial charge in [0, 0.05) is 0 Å². The van der Waals surface area contributed by atoms with Gasteiger partial charge in [-0.05, 0) is 78.1 Å². The number of hydrogen-bond donors (Lipinski definition) is 1. The van der Waals surface area contributed by atoms with Crippen LogP contribution in [0.1, 0.15) is 38.8 Å². The average molecular weight is 559 g/mol. The van der Waals surface area contributed by atoms with E-state index in [1.165, 1.54) is 18.7 Å². The maximum Gasteiger partial charge on any atom is 0.335 e. The van der Waals surface area contributed by atoms with Gasteiger partial charge in [-0.2, -0.15) is 0 Å². The molecule has 1 N–H and O–H groups in total. The average Bonchev–Trinajstić information content (AvgIpc) is 2.94. The fraction of sp³-hybridized carbons (Fsp3) is 0.281. The van der Waals surface area contributed by atoms with Crippen molar-refractivity contribution in [2.24, 2.45) is 0 Å². The van der Waals surface area contributed by atoms with E-state index in [4.69, 9.17) is 18.9 Å². The third-order valence-electron chi connectivity index (χ3n) is 6.34. The Bertz CT molecular complexity index is 1440. The van der Waals surface area contributed by atoms with Crippen LogP contribution in [0.4, 0.5) is 10.5 Å². The number of barbiturate groups is 1. The lowest BCUT2D eigenvalue weighted by Gasteiger charge is -2.26. The summed E-state index contributed by atoms with van der Waals surface area (Å²) in [4.78, 5) is 39.2. The van der Waals surface area contributed by atoms with E-state index < -0.39 is 17.8 Å². The summed E-state index contributed by atoms with van der Waals surface area (Å²) in [6, 6.07) is 18.6. The normalized spacial score (nSPS) is 14.6. The fourth-order valence-electron chi connectivity index (χ4n) is 4.15. The van der Waals surface area contributed by atoms with Gasteiger partial charge in [0.15, 0.2) is 11.5 Å². The molecular formula is C32H34N2O7. The van der Waals surface area contributed by atoms with Gasteiger partial charge in [-0.1, -0.05) is 39.0 Å². The van der Waals surface area contributed by atoms with Crippen LogP contribution in [0, 0.1) is 0 Å². The maximum atomic E-state index is 13.2. The van der Waals surface area contributed by atoms with Crippen LogP contribution in [0.3, 0.4) is 0 Å². The van der Waals surface area contributed by atoms with Crippen LogP contribution in [0.15, 0.2) is 72.3 Å². The molecule has 0 aromatic heterocycles. The molecule has 9 heteroatoms. The second kappa shape index (κ2) is 12.6. The molecule has 1 aliphatic rings. The lowest BCUT2D eigenvalue weighted by atomic mass is 9.87. The highest BCUT2D eigenvalue weighted by atomic mass is 16.5. The first-order chi connectivity index (χ1) is 19.6. The van der Waals surface area contributed by atoms with Gasteiger partial charge in [0.1, 0.15) is 30.3 Å². The summed E-state index contributed by atoms with van der Waals surface area (Å²) in [7, 11) is 1.51. The molecule has 0 atom stereocenters. The summed E-state index contributed by atoms with van der Waals surface area (Å²) in [6.45, 7) is 9.32. The Labute approximate surface area is 239 Å². The molecule has 9 nitrogen and oxygen atoms in total. The van der Waals surface area contributed by atoms with Crippen molar-refractivity contribution in [3.05, 3.63) is 83.4 Å². The lowest BCUT2D eigenvalue weighted by Crippen LogP contribution is -2.54. The first-order valence-electron chi connectivity index (χ1n) is 13.3. The first kappa shape index (κ1) is 29.2. The van der Waals surface area contributed by atoms with Gasteiger partial charge in [-0.25, -0.2) is 9.69 Å². The monoisotopic (exact) mass is 558 g/mol. The Kier molecular flexibility index (Phi) is 8.97. The van der Waals surface area contributed by atoms with Crippen molar-refractivity contribution in [3.8, 4) is 23.0 Å². The number of imide groups is 2. The van der Waals surface area contributed by atoms with Crippen LogP contribution < -0.4 is 29.2 Å². The van der Waals surface area contributed by atoms with Crippen LogP contribution in [0.5, 0.6) is 23.0 Å². The van der Waals surface area contributed by atoms with Crippen molar-refractivity contribution in [3.63, 3.8) is 0 Å². The second-order valence-corrected chi connectivity index (χ2v) is 10.3. The first-order valence-corrected chi connectivity index (χ1v) is 13.3. The Hall–Kier alpha value is -4.79. The Morgan fingerprint density at radius 3 is 2.10 bits per heavy atom. The molecule has 3 aromatic carbocycles. The van der Waals surface area contributed by atoms with Gasteiger partial charge < -0.3 is 18.9 Å². The molecule has 0 unspecified atom stereocenters. The summed E-state index contributed by atoms with van der Waals surface area (Å²) in [6.07, 6.45) is 1.41. The van der Waals surface area contributed by atoms with E-state index in [9.17, 15) is 14.4 Å². The minimum atomic E-state index is -0.826. The van der Waals surface area contributed by atoms with E-state index >= 15 is 0 Å². The van der Waals surface area contributed by atoms with Crippen molar-refractivity contribution in [2.75, 3.05) is 31.8 Å². The molecule has 4 rings (SSSR count). The molecule has 1 fully saturated rings. The minimum Gasteiger partial charge on any atom is -0.497 e. The van der Waals surface area contributed by atoms with Crippen molar-refractivity contribution in [1.29, 1.82) is 0 Å². The highest BCUT2D eigenvalue weighted by Crippen LogP contribution is 2.31. The summed E-state index contributed by atoms with van der Waals surface area (Å²) in [5.41, 5.74) is 1.93. The summed E-state index contributed by atoms with van der Waals surface area (Å²) in [5.74, 6) is 0.743. The predicted octanol–water partition coefficient (Wildman–Crippen LogP) is 5.52. The third-order valence-corrected chi connectivity index (χ3v) is 6.34. The predicted molar refractivity (Wildman–Crippen MR) is 156 cm³/mol. The highest BCUT2D eigenvalue weighted by Gasteiger charge is 2.36. The van der Waals surface area contributed by atoms with E-state index in [0.29, 0.717) is 41.7 Å². The molecule has 214 valence electrons. The number of carbonyl (C=O) groups is 3. The molecular weight excluding hydrogens is 524 g/mol. The minimum absolute atomic E-state index is 0.0703. The van der Waals surface area contributed by atoms with Crippen LogP contribution in [0.25, 0.3) is 6.08 Å². The smallest absolute Gasteiger partial charge is 0.335 e. The largest absolute Gasteiger partial charge is 0.497 e. The number of hydrogen-bond acceptors (Lipinski definition) is 7. The maximum absolute atomic E-state index is 13.2. The Morgan fingerprint density at radius 2 is 1.46 bits per heavy atom. The number of nitrogens with one attached hydrogen (secondary N) is 1. The summed E-state index contributed by atoms with van der Waals surface area (Å²) in [5, 5.41) is 2.22. The summed E-state index contributed by atoms with van der Waals surface area (Å²) >= 11 is 0. The topological polar surface area (TPSA) is 103 Å². The van der Waals surface area contributed by atoms with Gasteiger partial charge >= 0.3 is 6.03 Å². The quantitative estimate of drug-likeness (QED) is 0.199. The number of rotatable bonds is 10. The molecule has 1 aliphatic heterocycles. The van der Waals surface area contributed by atoms with Gasteiger partial charge in [0.2, 0.25) is 0 Å². The van der Waals surface area contributed by atoms with E-state index in [0.717, 1.165) is 10.6 Å². The zero-order valence-corrected chi connectivity index (χ0v) is 23.9. The number of carbonyl (C=O) groups excluding carboxylic acids is 3. The van der Waals surface area contributed by atoms with E-state index in [1.54, 1.807) is 42.5 Å². The highest BCUT2D eigenvalue weighted by molar-refractivity contribution is 6.39. The van der Waals surface area contributed by atoms with Crippen LogP contribution in [0.2, 0.25) is 0 Å². The van der Waals surface area contributed by atoms with E-state index in [-0.39, 0.29) is 17.6 Å². The third kappa shape index (κ3) is 7.05. The molecule has 0 spiro atoms. The van der Waals surface area contributed by atoms with Gasteiger partial charge in [-0.3, -0.25) is 14.9 Å². The number of amides is 4. The van der Waals surface area contributed by atoms with Crippen LogP contribution in [-0.2, 0) is 15.0 Å². The molecule has 0 bridgehead atoms. The van der Waals surface area contributed by atoms with Crippen molar-refractivity contribution in [1.82, 2.24) is 5.32 Å². The summed E-state index contributed by atoms with van der Waals surface area (Å²) < 4.78 is 22.6. The standard InChI is InChI=1S/C32H34N2O7/c1-6-39-28-20-21(7-16-27(28)41-18-17-40-25-12-8-22(9-13-25)32(2,3)4)19-26-29(35)33-31(37)34(30(26)36)23-10-14-24(38-5)15-11-23/h7-16,19-20H,6,17-18H2,1-5H3,(H,33,35,37)/b26-19-. The Balaban J connectivity index is 1.46. The van der Waals surface area contributed by atoms with Crippen LogP contribution >= 0.6 is 0 Å². The number of benzene rings is 3. The van der Waals surface area contributed by atoms with Gasteiger partial charge in [0.05, 0.1) is 19.4 Å². The zero-order chi connectivity index (χ0) is 29.6. The number of urea groups is 1. The van der Waals surface area contributed by atoms with Gasteiger partial charge in [0.25, 0.3) is 11.8 Å². The van der Waals surface area contributed by atoms with Crippen molar-refractivity contribution >= 4 is 29.6 Å². The molecule has 0 aliphatic carbocycles. The molecule has 41 heavy (non-hydrogen) atoms. The second-order valence-electron chi connectivity index (χ2n) is 10.3. The number of nitrogens with zero attached hydrogens (tertiary/aromatic N) is 1. The number of anilines is 1. The molecule has 4 amide bonds. The van der Waals surface area contributed by atoms with E-state index in [1.807, 2.05) is 19.1 Å². The number of ether oxygens (including phenoxy) is 4. The molecule has 3 aromatic rings. The Morgan fingerprint density at radius 1 is 0.805 bits per heavy atom. The van der Waals surface area contributed by atoms with Gasteiger partial charge in [-0.15, -0.1) is 0 Å². The number of methoxy groups -OCH3 is 1. The zero-order valence-electron chi connectivity index (χ0n) is 23.9. The van der Waals surface area contributed by atoms with E-state index in [2.05, 4.69) is 38.2 Å². The molecule has 0 saturated carbocycles. The molecule has 1 heterocycles. The lowest BCUT2D eigenvalue weighted by molar-refractivity contribution is -0.122.